The number of aromatic nitrogens is 1. The summed E-state index contributed by atoms with van der Waals surface area (Å²) in [5, 5.41) is 12.7. The molecule has 2 amide bonds. The lowest BCUT2D eigenvalue weighted by molar-refractivity contribution is -0.124. The van der Waals surface area contributed by atoms with Gasteiger partial charge >= 0.3 is 0 Å². The largest absolute Gasteiger partial charge is 0.502 e. The minimum absolute atomic E-state index is 0.0311. The van der Waals surface area contributed by atoms with Crippen LogP contribution < -0.4 is 10.1 Å². The Morgan fingerprint density at radius 2 is 1.80 bits per heavy atom. The highest BCUT2D eigenvalue weighted by Gasteiger charge is 2.32. The summed E-state index contributed by atoms with van der Waals surface area (Å²) in [6.45, 7) is 0.416. The number of aromatic amines is 1. The van der Waals surface area contributed by atoms with Crippen LogP contribution in [0.15, 0.2) is 60.5 Å². The van der Waals surface area contributed by atoms with E-state index in [9.17, 15) is 14.7 Å². The molecule has 2 aromatic carbocycles. The Morgan fingerprint density at radius 3 is 2.52 bits per heavy atom. The lowest BCUT2D eigenvalue weighted by Gasteiger charge is -2.07. The van der Waals surface area contributed by atoms with Crippen molar-refractivity contribution in [2.45, 2.75) is 6.61 Å². The number of benzene rings is 2. The fourth-order valence-corrected chi connectivity index (χ4v) is 2.83. The van der Waals surface area contributed by atoms with Crippen LogP contribution in [0.25, 0.3) is 16.5 Å². The third-order valence-electron chi connectivity index (χ3n) is 4.08. The first kappa shape index (κ1) is 15.0. The van der Waals surface area contributed by atoms with Gasteiger partial charge in [0, 0.05) is 22.7 Å². The molecule has 1 aliphatic heterocycles. The number of fused-ring (bicyclic) bond motifs is 1. The molecule has 6 heteroatoms. The minimum atomic E-state index is -0.786. The van der Waals surface area contributed by atoms with Gasteiger partial charge in [-0.1, -0.05) is 30.3 Å². The van der Waals surface area contributed by atoms with Crippen LogP contribution in [-0.4, -0.2) is 21.9 Å². The fourth-order valence-electron chi connectivity index (χ4n) is 2.83. The maximum Gasteiger partial charge on any atom is 0.293 e. The normalized spacial score (nSPS) is 14.2. The third-order valence-corrected chi connectivity index (χ3v) is 4.08. The second kappa shape index (κ2) is 5.83. The Bertz CT molecular complexity index is 1020. The fraction of sp³-hybridized carbons (Fsp3) is 0.0526. The first-order chi connectivity index (χ1) is 12.1. The Labute approximate surface area is 142 Å². The first-order valence-corrected chi connectivity index (χ1v) is 7.70. The number of rotatable bonds is 4. The molecule has 3 N–H and O–H groups in total. The Hall–Kier alpha value is -3.54. The van der Waals surface area contributed by atoms with E-state index in [2.05, 4.69) is 10.3 Å². The highest BCUT2D eigenvalue weighted by atomic mass is 16.5. The molecule has 1 aliphatic rings. The predicted molar refractivity (Wildman–Crippen MR) is 91.8 cm³/mol. The summed E-state index contributed by atoms with van der Waals surface area (Å²) in [5.41, 5.74) is 2.24. The quantitative estimate of drug-likeness (QED) is 0.640. The zero-order valence-corrected chi connectivity index (χ0v) is 13.1. The first-order valence-electron chi connectivity index (χ1n) is 7.70. The summed E-state index contributed by atoms with van der Waals surface area (Å²) in [7, 11) is 0. The third kappa shape index (κ3) is 2.63. The van der Waals surface area contributed by atoms with E-state index in [0.29, 0.717) is 23.3 Å². The molecule has 3 aromatic rings. The Morgan fingerprint density at radius 1 is 1.00 bits per heavy atom. The number of imide groups is 1. The number of nitrogens with one attached hydrogen (secondary N) is 2. The highest BCUT2D eigenvalue weighted by molar-refractivity contribution is 6.36. The molecule has 0 unspecified atom stereocenters. The molecule has 124 valence electrons. The number of ether oxygens (including phenoxy) is 1. The smallest absolute Gasteiger partial charge is 0.293 e. The monoisotopic (exact) mass is 334 g/mol. The molecule has 0 spiro atoms. The van der Waals surface area contributed by atoms with Gasteiger partial charge in [-0.2, -0.15) is 0 Å². The number of H-pyrrole nitrogens is 1. The molecule has 0 radical (unpaired) electrons. The molecule has 0 saturated carbocycles. The molecule has 25 heavy (non-hydrogen) atoms. The maximum atomic E-state index is 11.9. The molecule has 0 fully saturated rings. The molecular formula is C19H14N2O4. The van der Waals surface area contributed by atoms with Crippen LogP contribution >= 0.6 is 0 Å². The lowest BCUT2D eigenvalue weighted by Crippen LogP contribution is -2.22. The van der Waals surface area contributed by atoms with Gasteiger partial charge in [0.15, 0.2) is 5.76 Å². The predicted octanol–water partition coefficient (Wildman–Crippen LogP) is 2.67. The van der Waals surface area contributed by atoms with Crippen LogP contribution in [0.4, 0.5) is 0 Å². The van der Waals surface area contributed by atoms with E-state index in [0.717, 1.165) is 11.1 Å². The molecule has 4 rings (SSSR count). The molecule has 0 atom stereocenters. The van der Waals surface area contributed by atoms with Crippen molar-refractivity contribution in [3.63, 3.8) is 0 Å². The lowest BCUT2D eigenvalue weighted by atomic mass is 10.0. The van der Waals surface area contributed by atoms with Crippen LogP contribution in [0.1, 0.15) is 11.1 Å². The summed E-state index contributed by atoms with van der Waals surface area (Å²) in [6.07, 6.45) is 1.59. The standard InChI is InChI=1S/C19H14N2O4/c22-17-16(18(23)21-19(17)24)14-9-20-15-7-6-12(8-13(14)15)25-10-11-4-2-1-3-5-11/h1-9,20H,10H2,(H2,21,22,23,24). The van der Waals surface area contributed by atoms with Crippen molar-refractivity contribution < 1.29 is 19.4 Å². The van der Waals surface area contributed by atoms with Crippen LogP contribution in [0.3, 0.4) is 0 Å². The van der Waals surface area contributed by atoms with E-state index >= 15 is 0 Å². The molecular weight excluding hydrogens is 320 g/mol. The number of aliphatic hydroxyl groups is 1. The molecule has 1 aromatic heterocycles. The second-order valence-corrected chi connectivity index (χ2v) is 5.69. The van der Waals surface area contributed by atoms with Crippen molar-refractivity contribution in [2.24, 2.45) is 0 Å². The van der Waals surface area contributed by atoms with E-state index < -0.39 is 17.6 Å². The Balaban J connectivity index is 1.69. The highest BCUT2D eigenvalue weighted by Crippen LogP contribution is 2.31. The topological polar surface area (TPSA) is 91.4 Å². The van der Waals surface area contributed by atoms with Gasteiger partial charge in [-0.05, 0) is 23.8 Å². The SMILES string of the molecule is O=C1NC(=O)C(c2c[nH]c3ccc(OCc4ccccc4)cc23)=C1O. The zero-order valence-electron chi connectivity index (χ0n) is 13.1. The van der Waals surface area contributed by atoms with Crippen LogP contribution in [-0.2, 0) is 16.2 Å². The van der Waals surface area contributed by atoms with Gasteiger partial charge in [0.2, 0.25) is 0 Å². The van der Waals surface area contributed by atoms with Crippen molar-refractivity contribution in [3.05, 3.63) is 71.6 Å². The average Bonchev–Trinajstić information content (AvgIpc) is 3.14. The number of carbonyl (C=O) groups is 2. The molecule has 0 saturated heterocycles. The van der Waals surface area contributed by atoms with Gasteiger partial charge in [0.25, 0.3) is 11.8 Å². The van der Waals surface area contributed by atoms with Gasteiger partial charge in [-0.15, -0.1) is 0 Å². The van der Waals surface area contributed by atoms with E-state index in [1.807, 2.05) is 42.5 Å². The molecule has 6 nitrogen and oxygen atoms in total. The van der Waals surface area contributed by atoms with Crippen LogP contribution in [0.5, 0.6) is 5.75 Å². The van der Waals surface area contributed by atoms with Crippen LogP contribution in [0, 0.1) is 0 Å². The van der Waals surface area contributed by atoms with Crippen molar-refractivity contribution in [2.75, 3.05) is 0 Å². The van der Waals surface area contributed by atoms with Gasteiger partial charge in [0.05, 0.1) is 5.57 Å². The summed E-state index contributed by atoms with van der Waals surface area (Å²) in [4.78, 5) is 26.4. The van der Waals surface area contributed by atoms with Gasteiger partial charge in [0.1, 0.15) is 12.4 Å². The van der Waals surface area contributed by atoms with Gasteiger partial charge < -0.3 is 14.8 Å². The summed E-state index contributed by atoms with van der Waals surface area (Å²) < 4.78 is 5.80. The van der Waals surface area contributed by atoms with Crippen molar-refractivity contribution in [3.8, 4) is 5.75 Å². The van der Waals surface area contributed by atoms with Crippen molar-refractivity contribution in [1.29, 1.82) is 0 Å². The van der Waals surface area contributed by atoms with E-state index in [-0.39, 0.29) is 5.57 Å². The van der Waals surface area contributed by atoms with Crippen LogP contribution in [0.2, 0.25) is 0 Å². The van der Waals surface area contributed by atoms with Gasteiger partial charge in [-0.25, -0.2) is 0 Å². The number of hydrogen-bond acceptors (Lipinski definition) is 4. The van der Waals surface area contributed by atoms with E-state index in [1.54, 1.807) is 12.3 Å². The zero-order chi connectivity index (χ0) is 17.4. The van der Waals surface area contributed by atoms with Crippen molar-refractivity contribution >= 4 is 28.3 Å². The maximum absolute atomic E-state index is 11.9. The summed E-state index contributed by atoms with van der Waals surface area (Å²) in [6, 6.07) is 15.2. The molecule has 2 heterocycles. The molecule has 0 bridgehead atoms. The minimum Gasteiger partial charge on any atom is -0.502 e. The summed E-state index contributed by atoms with van der Waals surface area (Å²) >= 11 is 0. The number of aliphatic hydroxyl groups excluding tert-OH is 1. The summed E-state index contributed by atoms with van der Waals surface area (Å²) in [5.74, 6) is -1.34. The van der Waals surface area contributed by atoms with Gasteiger partial charge in [-0.3, -0.25) is 14.9 Å². The number of amides is 2. The number of carbonyl (C=O) groups excluding carboxylic acids is 2. The van der Waals surface area contributed by atoms with Crippen molar-refractivity contribution in [1.82, 2.24) is 10.3 Å². The average molecular weight is 334 g/mol. The Kier molecular flexibility index (Phi) is 3.50. The molecule has 0 aliphatic carbocycles. The number of hydrogen-bond donors (Lipinski definition) is 3. The second-order valence-electron chi connectivity index (χ2n) is 5.69. The van der Waals surface area contributed by atoms with E-state index in [4.69, 9.17) is 4.74 Å². The van der Waals surface area contributed by atoms with E-state index in [1.165, 1.54) is 0 Å².